The van der Waals surface area contributed by atoms with Crippen molar-refractivity contribution in [2.75, 3.05) is 26.2 Å². The number of phenols is 1. The van der Waals surface area contributed by atoms with Crippen LogP contribution >= 0.6 is 0 Å². The Morgan fingerprint density at radius 2 is 1.89 bits per heavy atom. The third-order valence-electron chi connectivity index (χ3n) is 4.84. The molecule has 0 amide bonds. The Kier molecular flexibility index (Phi) is 4.97. The first-order valence-electron chi connectivity index (χ1n) is 9.24. The zero-order chi connectivity index (χ0) is 18.6. The van der Waals surface area contributed by atoms with Crippen molar-refractivity contribution in [3.8, 4) is 11.4 Å². The van der Waals surface area contributed by atoms with E-state index < -0.39 is 0 Å². The number of nitrogens with zero attached hydrogens (tertiary/aromatic N) is 6. The number of piperazine rings is 1. The summed E-state index contributed by atoms with van der Waals surface area (Å²) in [6, 6.07) is 5.34. The van der Waals surface area contributed by atoms with Gasteiger partial charge in [0, 0.05) is 44.2 Å². The van der Waals surface area contributed by atoms with Crippen LogP contribution in [-0.4, -0.2) is 62.7 Å². The Balaban J connectivity index is 1.67. The van der Waals surface area contributed by atoms with E-state index in [1.807, 2.05) is 18.2 Å². The van der Waals surface area contributed by atoms with Crippen molar-refractivity contribution >= 4 is 11.5 Å². The topological polar surface area (TPSA) is 90.9 Å². The number of hydrogen-bond donors (Lipinski definition) is 2. The van der Waals surface area contributed by atoms with E-state index in [0.717, 1.165) is 44.9 Å². The van der Waals surface area contributed by atoms with E-state index in [2.05, 4.69) is 37.5 Å². The Morgan fingerprint density at radius 3 is 2.59 bits per heavy atom. The molecule has 8 nitrogen and oxygen atoms in total. The second-order valence-electron chi connectivity index (χ2n) is 6.59. The highest BCUT2D eigenvalue weighted by atomic mass is 16.3. The fourth-order valence-electron chi connectivity index (χ4n) is 3.29. The quantitative estimate of drug-likeness (QED) is 0.864. The van der Waals surface area contributed by atoms with Crippen molar-refractivity contribution in [1.82, 2.24) is 25.2 Å². The zero-order valence-electron chi connectivity index (χ0n) is 15.3. The first-order chi connectivity index (χ1) is 13.2. The number of amidine groups is 1. The number of aromatic hydroxyl groups is 1. The number of nitrogens with one attached hydrogen (secondary N) is 1. The van der Waals surface area contributed by atoms with Gasteiger partial charge in [0.15, 0.2) is 0 Å². The van der Waals surface area contributed by atoms with Crippen LogP contribution in [0.2, 0.25) is 0 Å². The maximum Gasteiger partial charge on any atom is 0.131 e. The van der Waals surface area contributed by atoms with Crippen LogP contribution in [0.4, 0.5) is 0 Å². The monoisotopic (exact) mass is 365 g/mol. The Labute approximate surface area is 157 Å². The van der Waals surface area contributed by atoms with Crippen molar-refractivity contribution in [3.63, 3.8) is 0 Å². The van der Waals surface area contributed by atoms with Gasteiger partial charge >= 0.3 is 0 Å². The zero-order valence-corrected chi connectivity index (χ0v) is 15.3. The van der Waals surface area contributed by atoms with E-state index in [4.69, 9.17) is 0 Å². The van der Waals surface area contributed by atoms with E-state index in [9.17, 15) is 5.11 Å². The van der Waals surface area contributed by atoms with Gasteiger partial charge in [-0.15, -0.1) is 10.2 Å². The van der Waals surface area contributed by atoms with Crippen LogP contribution in [0.1, 0.15) is 25.3 Å². The first kappa shape index (κ1) is 17.4. The van der Waals surface area contributed by atoms with Crippen LogP contribution in [0.25, 0.3) is 5.69 Å². The highest BCUT2D eigenvalue weighted by Crippen LogP contribution is 2.25. The van der Waals surface area contributed by atoms with Crippen LogP contribution in [0.3, 0.4) is 0 Å². The molecule has 2 aliphatic rings. The third kappa shape index (κ3) is 3.75. The predicted molar refractivity (Wildman–Crippen MR) is 104 cm³/mol. The second kappa shape index (κ2) is 7.71. The molecule has 0 unspecified atom stereocenters. The average Bonchev–Trinajstić information content (AvgIpc) is 3.16. The standard InChI is InChI=1S/C19H23N7O/c1-2-14-11-17(23-24-19(12-14)25-9-7-20-8-10-25)16-4-3-15(13-18(16)27)26-21-5-6-22-26/h3-6,11,13,20,27H,2,7-10,12H2,1H3. The van der Waals surface area contributed by atoms with Crippen molar-refractivity contribution in [2.24, 2.45) is 10.2 Å². The van der Waals surface area contributed by atoms with Gasteiger partial charge in [-0.3, -0.25) is 0 Å². The molecule has 0 radical (unpaired) electrons. The summed E-state index contributed by atoms with van der Waals surface area (Å²) in [5.41, 5.74) is 3.28. The molecule has 0 atom stereocenters. The van der Waals surface area contributed by atoms with Gasteiger partial charge < -0.3 is 15.3 Å². The number of hydrogen-bond acceptors (Lipinski definition) is 7. The molecule has 0 saturated carbocycles. The molecule has 0 aliphatic carbocycles. The average molecular weight is 365 g/mol. The van der Waals surface area contributed by atoms with Gasteiger partial charge in [-0.1, -0.05) is 12.5 Å². The Hall–Kier alpha value is -3.00. The molecule has 2 aromatic rings. The molecular formula is C19H23N7O. The minimum Gasteiger partial charge on any atom is -0.507 e. The molecule has 1 saturated heterocycles. The van der Waals surface area contributed by atoms with Crippen LogP contribution < -0.4 is 5.32 Å². The molecule has 0 bridgehead atoms. The van der Waals surface area contributed by atoms with Crippen molar-refractivity contribution in [2.45, 2.75) is 19.8 Å². The molecule has 0 spiro atoms. The molecule has 8 heteroatoms. The highest BCUT2D eigenvalue weighted by Gasteiger charge is 2.19. The highest BCUT2D eigenvalue weighted by molar-refractivity contribution is 6.12. The minimum absolute atomic E-state index is 0.135. The van der Waals surface area contributed by atoms with E-state index in [0.29, 0.717) is 17.0 Å². The lowest BCUT2D eigenvalue weighted by molar-refractivity contribution is 0.352. The Morgan fingerprint density at radius 1 is 1.11 bits per heavy atom. The summed E-state index contributed by atoms with van der Waals surface area (Å²) in [5.74, 6) is 1.13. The number of aromatic nitrogens is 3. The molecule has 1 fully saturated rings. The van der Waals surface area contributed by atoms with Crippen LogP contribution in [-0.2, 0) is 0 Å². The summed E-state index contributed by atoms with van der Waals surface area (Å²) in [4.78, 5) is 3.76. The van der Waals surface area contributed by atoms with Crippen molar-refractivity contribution < 1.29 is 5.11 Å². The van der Waals surface area contributed by atoms with Gasteiger partial charge in [0.2, 0.25) is 0 Å². The van der Waals surface area contributed by atoms with Gasteiger partial charge in [0.1, 0.15) is 11.6 Å². The van der Waals surface area contributed by atoms with Gasteiger partial charge in [-0.05, 0) is 24.6 Å². The van der Waals surface area contributed by atoms with Gasteiger partial charge in [0.05, 0.1) is 23.8 Å². The number of rotatable bonds is 3. The SMILES string of the molecule is CCC1=CC(c2ccc(-n3nccn3)cc2O)=NN=C(N2CCNCC2)C1. The second-order valence-corrected chi connectivity index (χ2v) is 6.59. The van der Waals surface area contributed by atoms with E-state index in [1.54, 1.807) is 18.5 Å². The molecule has 140 valence electrons. The Bertz CT molecular complexity index is 893. The van der Waals surface area contributed by atoms with Crippen LogP contribution in [0, 0.1) is 0 Å². The maximum atomic E-state index is 10.6. The lowest BCUT2D eigenvalue weighted by Crippen LogP contribution is -2.46. The molecule has 3 heterocycles. The molecule has 1 aromatic carbocycles. The van der Waals surface area contributed by atoms with Gasteiger partial charge in [-0.25, -0.2) is 0 Å². The molecule has 27 heavy (non-hydrogen) atoms. The predicted octanol–water partition coefficient (Wildman–Crippen LogP) is 1.72. The summed E-state index contributed by atoms with van der Waals surface area (Å²) < 4.78 is 0. The van der Waals surface area contributed by atoms with Crippen molar-refractivity contribution in [3.05, 3.63) is 47.8 Å². The smallest absolute Gasteiger partial charge is 0.131 e. The maximum absolute atomic E-state index is 10.6. The largest absolute Gasteiger partial charge is 0.507 e. The van der Waals surface area contributed by atoms with E-state index in [1.165, 1.54) is 10.4 Å². The summed E-state index contributed by atoms with van der Waals surface area (Å²) >= 11 is 0. The number of allylic oxidation sites excluding steroid dienone is 1. The van der Waals surface area contributed by atoms with Crippen LogP contribution in [0.5, 0.6) is 5.75 Å². The first-order valence-corrected chi connectivity index (χ1v) is 9.24. The van der Waals surface area contributed by atoms with Gasteiger partial charge in [0.25, 0.3) is 0 Å². The molecular weight excluding hydrogens is 342 g/mol. The van der Waals surface area contributed by atoms with Crippen molar-refractivity contribution in [1.29, 1.82) is 0 Å². The van der Waals surface area contributed by atoms with Crippen LogP contribution in [0.15, 0.2) is 52.4 Å². The number of benzene rings is 1. The normalized spacial score (nSPS) is 17.8. The molecule has 2 aliphatic heterocycles. The van der Waals surface area contributed by atoms with E-state index >= 15 is 0 Å². The minimum atomic E-state index is 0.135. The molecule has 4 rings (SSSR count). The third-order valence-corrected chi connectivity index (χ3v) is 4.84. The van der Waals surface area contributed by atoms with Gasteiger partial charge in [-0.2, -0.15) is 15.0 Å². The van der Waals surface area contributed by atoms with E-state index in [-0.39, 0.29) is 5.75 Å². The lowest BCUT2D eigenvalue weighted by atomic mass is 10.0. The molecule has 2 N–H and O–H groups in total. The fourth-order valence-corrected chi connectivity index (χ4v) is 3.29. The summed E-state index contributed by atoms with van der Waals surface area (Å²) in [7, 11) is 0. The fraction of sp³-hybridized carbons (Fsp3) is 0.368. The lowest BCUT2D eigenvalue weighted by Gasteiger charge is -2.29. The summed E-state index contributed by atoms with van der Waals surface area (Å²) in [6.45, 7) is 5.94. The molecule has 1 aromatic heterocycles. The number of phenolic OH excluding ortho intramolecular Hbond substituents is 1. The summed E-state index contributed by atoms with van der Waals surface area (Å²) in [5, 5.41) is 31.1. The summed E-state index contributed by atoms with van der Waals surface area (Å²) in [6.07, 6.45) is 6.95.